The fraction of sp³-hybridized carbons (Fsp3) is 1.00. The van der Waals surface area contributed by atoms with Crippen molar-refractivity contribution in [2.75, 3.05) is 11.5 Å². The van der Waals surface area contributed by atoms with E-state index in [1.54, 1.807) is 6.92 Å². The molecule has 0 aliphatic heterocycles. The third-order valence-corrected chi connectivity index (χ3v) is 5.27. The molecule has 25 heavy (non-hydrogen) atoms. The monoisotopic (exact) mass is 412 g/mol. The second kappa shape index (κ2) is 14.8. The van der Waals surface area contributed by atoms with Gasteiger partial charge in [0.2, 0.25) is 0 Å². The molecule has 2 N–H and O–H groups in total. The Hall–Kier alpha value is 0.780. The van der Waals surface area contributed by atoms with Crippen molar-refractivity contribution in [3.8, 4) is 0 Å². The van der Waals surface area contributed by atoms with Gasteiger partial charge in [-0.25, -0.2) is 0 Å². The molecule has 0 amide bonds. The summed E-state index contributed by atoms with van der Waals surface area (Å²) in [6, 6.07) is 0. The molecule has 0 saturated heterocycles. The van der Waals surface area contributed by atoms with Gasteiger partial charge in [-0.15, -0.1) is 0 Å². The first-order valence-electron chi connectivity index (χ1n) is 8.59. The van der Waals surface area contributed by atoms with Crippen LogP contribution >= 0.6 is 0 Å². The van der Waals surface area contributed by atoms with Crippen LogP contribution in [0.15, 0.2) is 0 Å². The number of rotatable bonds is 15. The molecule has 148 valence electrons. The van der Waals surface area contributed by atoms with E-state index in [0.717, 1.165) is 19.3 Å². The molecule has 0 radical (unpaired) electrons. The van der Waals surface area contributed by atoms with Crippen LogP contribution in [-0.2, 0) is 25.0 Å². The predicted molar refractivity (Wildman–Crippen MR) is 102 cm³/mol. The molecule has 0 aromatic rings. The fourth-order valence-corrected chi connectivity index (χ4v) is 4.04. The maximum atomic E-state index is 10.9. The summed E-state index contributed by atoms with van der Waals surface area (Å²) in [5.74, 6) is -1.71. The van der Waals surface area contributed by atoms with Crippen LogP contribution in [0.2, 0.25) is 0 Å². The van der Waals surface area contributed by atoms with Gasteiger partial charge in [0.15, 0.2) is 0 Å². The SMILES string of the molecule is CCCCCCCCCCC(C)OC(CS(=O)(=O)O)CS(=O)(=O)O.[NaH]. The molecule has 0 rings (SSSR count). The van der Waals surface area contributed by atoms with Gasteiger partial charge < -0.3 is 4.74 Å². The van der Waals surface area contributed by atoms with E-state index in [0.29, 0.717) is 6.42 Å². The number of ether oxygens (including phenoxy) is 1. The summed E-state index contributed by atoms with van der Waals surface area (Å²) < 4.78 is 66.7. The molecule has 0 saturated carbocycles. The minimum atomic E-state index is -4.38. The summed E-state index contributed by atoms with van der Waals surface area (Å²) in [5, 5.41) is 0. The Morgan fingerprint density at radius 2 is 1.20 bits per heavy atom. The van der Waals surface area contributed by atoms with Crippen LogP contribution in [0, 0.1) is 0 Å². The van der Waals surface area contributed by atoms with Crippen molar-refractivity contribution in [2.45, 2.75) is 83.8 Å². The summed E-state index contributed by atoms with van der Waals surface area (Å²) >= 11 is 0. The van der Waals surface area contributed by atoms with E-state index in [-0.39, 0.29) is 35.7 Å². The van der Waals surface area contributed by atoms with Crippen LogP contribution in [0.1, 0.15) is 71.6 Å². The Balaban J connectivity index is 0. The summed E-state index contributed by atoms with van der Waals surface area (Å²) in [4.78, 5) is 0. The first-order valence-corrected chi connectivity index (χ1v) is 11.8. The summed E-state index contributed by atoms with van der Waals surface area (Å²) in [5.41, 5.74) is 0. The van der Waals surface area contributed by atoms with Crippen molar-refractivity contribution in [3.63, 3.8) is 0 Å². The second-order valence-corrected chi connectivity index (χ2v) is 9.32. The molecule has 10 heteroatoms. The first-order chi connectivity index (χ1) is 11.0. The second-order valence-electron chi connectivity index (χ2n) is 6.33. The van der Waals surface area contributed by atoms with E-state index in [2.05, 4.69) is 6.92 Å². The van der Waals surface area contributed by atoms with Crippen molar-refractivity contribution >= 4 is 49.8 Å². The van der Waals surface area contributed by atoms with E-state index >= 15 is 0 Å². The van der Waals surface area contributed by atoms with Gasteiger partial charge >= 0.3 is 29.6 Å². The predicted octanol–water partition coefficient (Wildman–Crippen LogP) is 2.42. The Kier molecular flexibility index (Phi) is 16.6. The average molecular weight is 413 g/mol. The molecule has 0 bridgehead atoms. The quantitative estimate of drug-likeness (QED) is 0.241. The van der Waals surface area contributed by atoms with Crippen molar-refractivity contribution < 1.29 is 30.7 Å². The molecule has 1 atom stereocenters. The van der Waals surface area contributed by atoms with Crippen LogP contribution in [0.5, 0.6) is 0 Å². The zero-order valence-corrected chi connectivity index (χ0v) is 16.3. The molecule has 7 nitrogen and oxygen atoms in total. The van der Waals surface area contributed by atoms with Gasteiger partial charge in [0, 0.05) is 0 Å². The van der Waals surface area contributed by atoms with E-state index < -0.39 is 37.8 Å². The van der Waals surface area contributed by atoms with Crippen molar-refractivity contribution in [1.82, 2.24) is 0 Å². The zero-order chi connectivity index (χ0) is 18.6. The minimum absolute atomic E-state index is 0. The normalized spacial score (nSPS) is 13.6. The van der Waals surface area contributed by atoms with Crippen molar-refractivity contribution in [3.05, 3.63) is 0 Å². The third-order valence-electron chi connectivity index (χ3n) is 3.68. The average Bonchev–Trinajstić information content (AvgIpc) is 2.37. The zero-order valence-electron chi connectivity index (χ0n) is 14.7. The Morgan fingerprint density at radius 3 is 1.60 bits per heavy atom. The summed E-state index contributed by atoms with van der Waals surface area (Å²) in [6.45, 7) is 3.90. The van der Waals surface area contributed by atoms with E-state index in [9.17, 15) is 16.8 Å². The molecule has 0 spiro atoms. The van der Waals surface area contributed by atoms with Gasteiger partial charge in [-0.05, 0) is 13.3 Å². The molecular weight excluding hydrogens is 379 g/mol. The maximum absolute atomic E-state index is 10.9. The van der Waals surface area contributed by atoms with Crippen molar-refractivity contribution in [1.29, 1.82) is 0 Å². The Bertz CT molecular complexity index is 486. The van der Waals surface area contributed by atoms with Crippen LogP contribution in [0.3, 0.4) is 0 Å². The number of unbranched alkanes of at least 4 members (excludes halogenated alkanes) is 7. The number of hydrogen-bond donors (Lipinski definition) is 2. The molecule has 0 aliphatic carbocycles. The Labute approximate surface area is 175 Å². The van der Waals surface area contributed by atoms with Crippen molar-refractivity contribution in [2.24, 2.45) is 0 Å². The van der Waals surface area contributed by atoms with E-state index in [1.165, 1.54) is 32.1 Å². The Morgan fingerprint density at radius 1 is 0.800 bits per heavy atom. The van der Waals surface area contributed by atoms with Crippen LogP contribution in [0.25, 0.3) is 0 Å². The van der Waals surface area contributed by atoms with Crippen LogP contribution in [0.4, 0.5) is 0 Å². The van der Waals surface area contributed by atoms with Gasteiger partial charge in [0.05, 0.1) is 12.2 Å². The summed E-state index contributed by atoms with van der Waals surface area (Å²) in [6.07, 6.45) is 8.32. The first kappa shape index (κ1) is 28.0. The molecule has 0 heterocycles. The van der Waals surface area contributed by atoms with Crippen LogP contribution < -0.4 is 0 Å². The van der Waals surface area contributed by atoms with Gasteiger partial charge in [-0.3, -0.25) is 9.11 Å². The van der Waals surface area contributed by atoms with E-state index in [4.69, 9.17) is 13.8 Å². The standard InChI is InChI=1S/C15H32O7S2.Na.H/c1-3-4-5-6-7-8-9-10-11-14(2)22-15(12-23(16,17)18)13-24(19,20)21;;/h14-15H,3-13H2,1-2H3,(H,16,17,18)(H,19,20,21);;. The molecule has 1 unspecified atom stereocenters. The number of hydrogen-bond acceptors (Lipinski definition) is 5. The van der Waals surface area contributed by atoms with Crippen LogP contribution in [-0.4, -0.2) is 79.2 Å². The molecule has 0 fully saturated rings. The van der Waals surface area contributed by atoms with Gasteiger partial charge in [0.25, 0.3) is 20.2 Å². The van der Waals surface area contributed by atoms with Gasteiger partial charge in [0.1, 0.15) is 11.5 Å². The van der Waals surface area contributed by atoms with Gasteiger partial charge in [-0.2, -0.15) is 16.8 Å². The molecule has 0 aromatic carbocycles. The third kappa shape index (κ3) is 20.9. The van der Waals surface area contributed by atoms with Gasteiger partial charge in [-0.1, -0.05) is 58.3 Å². The fourth-order valence-electron chi connectivity index (χ4n) is 2.56. The molecule has 0 aliphatic rings. The molecule has 0 aromatic heterocycles. The van der Waals surface area contributed by atoms with E-state index in [1.807, 2.05) is 0 Å². The summed E-state index contributed by atoms with van der Waals surface area (Å²) in [7, 11) is -8.76. The molecular formula is C15H33NaO7S2. The topological polar surface area (TPSA) is 118 Å².